The third-order valence-electron chi connectivity index (χ3n) is 4.78. The van der Waals surface area contributed by atoms with Gasteiger partial charge in [0.15, 0.2) is 0 Å². The zero-order valence-corrected chi connectivity index (χ0v) is 18.1. The van der Waals surface area contributed by atoms with Gasteiger partial charge in [0.05, 0.1) is 5.92 Å². The van der Waals surface area contributed by atoms with E-state index >= 15 is 0 Å². The summed E-state index contributed by atoms with van der Waals surface area (Å²) in [4.78, 5) is 36.4. The van der Waals surface area contributed by atoms with Crippen molar-refractivity contribution >= 4 is 23.5 Å². The predicted octanol–water partition coefficient (Wildman–Crippen LogP) is 4.27. The van der Waals surface area contributed by atoms with Crippen LogP contribution in [0.25, 0.3) is 0 Å². The van der Waals surface area contributed by atoms with Crippen LogP contribution in [0.4, 0.5) is 16.0 Å². The lowest BCUT2D eigenvalue weighted by molar-refractivity contribution is -0.121. The minimum atomic E-state index is -0.394. The van der Waals surface area contributed by atoms with Gasteiger partial charge in [-0.05, 0) is 42.7 Å². The van der Waals surface area contributed by atoms with E-state index in [9.17, 15) is 14.0 Å². The average molecular weight is 436 g/mol. The monoisotopic (exact) mass is 435 g/mol. The van der Waals surface area contributed by atoms with Crippen LogP contribution in [0, 0.1) is 5.82 Å². The van der Waals surface area contributed by atoms with Crippen molar-refractivity contribution < 1.29 is 9.18 Å². The second-order valence-electron chi connectivity index (χ2n) is 7.26. The Hall–Kier alpha value is -3.81. The number of amides is 1. The van der Waals surface area contributed by atoms with Crippen molar-refractivity contribution in [1.82, 2.24) is 15.3 Å². The first kappa shape index (κ1) is 22.9. The van der Waals surface area contributed by atoms with Crippen LogP contribution in [-0.2, 0) is 11.2 Å². The van der Waals surface area contributed by atoms with E-state index in [1.54, 1.807) is 0 Å². The first-order chi connectivity index (χ1) is 15.5. The number of aryl methyl sites for hydroxylation is 1. The number of halogens is 1. The molecule has 166 valence electrons. The first-order valence-electron chi connectivity index (χ1n) is 10.6. The SMILES string of the molecule is CCCc1cc(=O)[nH]c(/N=C(/NC(=O)C(CC)c2ccccc2)Nc2ccc(F)cc2)n1. The number of aliphatic imine (C=N–C) groups is 1. The summed E-state index contributed by atoms with van der Waals surface area (Å²) in [5.41, 5.74) is 1.68. The maximum Gasteiger partial charge on any atom is 0.252 e. The molecule has 3 aromatic rings. The Morgan fingerprint density at radius 3 is 2.50 bits per heavy atom. The number of aromatic nitrogens is 2. The standard InChI is InChI=1S/C24H26FN5O2/c1-3-8-19-15-21(31)28-23(27-19)30-24(26-18-13-11-17(25)12-14-18)29-22(32)20(4-2)16-9-6-5-7-10-16/h5-7,9-15,20H,3-4,8H2,1-2H3,(H3,26,27,28,29,30,31,32). The van der Waals surface area contributed by atoms with Crippen LogP contribution in [0.2, 0.25) is 0 Å². The van der Waals surface area contributed by atoms with Crippen molar-refractivity contribution in [2.45, 2.75) is 39.0 Å². The quantitative estimate of drug-likeness (QED) is 0.381. The molecule has 1 heterocycles. The van der Waals surface area contributed by atoms with Gasteiger partial charge in [-0.25, -0.2) is 9.37 Å². The smallest absolute Gasteiger partial charge is 0.252 e. The fourth-order valence-electron chi connectivity index (χ4n) is 3.26. The Bertz CT molecular complexity index is 1130. The van der Waals surface area contributed by atoms with E-state index in [0.717, 1.165) is 12.0 Å². The van der Waals surface area contributed by atoms with E-state index in [0.29, 0.717) is 24.2 Å². The normalized spacial score (nSPS) is 12.3. The summed E-state index contributed by atoms with van der Waals surface area (Å²) in [6, 6.07) is 16.5. The topological polar surface area (TPSA) is 99.2 Å². The molecule has 0 spiro atoms. The summed E-state index contributed by atoms with van der Waals surface area (Å²) < 4.78 is 13.3. The third-order valence-corrected chi connectivity index (χ3v) is 4.78. The number of nitrogens with zero attached hydrogens (tertiary/aromatic N) is 2. The molecule has 3 N–H and O–H groups in total. The van der Waals surface area contributed by atoms with E-state index in [4.69, 9.17) is 0 Å². The minimum Gasteiger partial charge on any atom is -0.326 e. The van der Waals surface area contributed by atoms with Gasteiger partial charge in [0.1, 0.15) is 5.82 Å². The molecule has 3 rings (SSSR count). The second kappa shape index (κ2) is 11.0. The van der Waals surface area contributed by atoms with Crippen molar-refractivity contribution in [2.75, 3.05) is 5.32 Å². The molecule has 0 aliphatic carbocycles. The number of benzene rings is 2. The van der Waals surface area contributed by atoms with Crippen molar-refractivity contribution in [3.05, 3.63) is 88.1 Å². The molecule has 0 aliphatic heterocycles. The van der Waals surface area contributed by atoms with Gasteiger partial charge in [0.25, 0.3) is 5.56 Å². The highest BCUT2D eigenvalue weighted by atomic mass is 19.1. The molecule has 0 radical (unpaired) electrons. The summed E-state index contributed by atoms with van der Waals surface area (Å²) in [5, 5.41) is 5.77. The maximum absolute atomic E-state index is 13.3. The average Bonchev–Trinajstić information content (AvgIpc) is 2.76. The van der Waals surface area contributed by atoms with Crippen molar-refractivity contribution in [2.24, 2.45) is 4.99 Å². The molecule has 2 aromatic carbocycles. The van der Waals surface area contributed by atoms with Gasteiger partial charge in [-0.3, -0.25) is 19.9 Å². The number of nitrogens with one attached hydrogen (secondary N) is 3. The number of carbonyl (C=O) groups is 1. The van der Waals surface area contributed by atoms with Crippen molar-refractivity contribution in [3.63, 3.8) is 0 Å². The summed E-state index contributed by atoms with van der Waals surface area (Å²) in [7, 11) is 0. The highest BCUT2D eigenvalue weighted by molar-refractivity contribution is 6.06. The van der Waals surface area contributed by atoms with Crippen molar-refractivity contribution in [3.8, 4) is 0 Å². The maximum atomic E-state index is 13.3. The molecule has 7 nitrogen and oxygen atoms in total. The van der Waals surface area contributed by atoms with Gasteiger partial charge in [0, 0.05) is 17.4 Å². The Morgan fingerprint density at radius 1 is 1.12 bits per heavy atom. The van der Waals surface area contributed by atoms with Crippen LogP contribution in [0.15, 0.2) is 70.5 Å². The molecule has 0 saturated carbocycles. The lowest BCUT2D eigenvalue weighted by atomic mass is 9.96. The van der Waals surface area contributed by atoms with Gasteiger partial charge >= 0.3 is 0 Å². The Balaban J connectivity index is 1.93. The second-order valence-corrected chi connectivity index (χ2v) is 7.26. The van der Waals surface area contributed by atoms with Crippen LogP contribution >= 0.6 is 0 Å². The van der Waals surface area contributed by atoms with Crippen LogP contribution in [-0.4, -0.2) is 21.8 Å². The van der Waals surface area contributed by atoms with Crippen LogP contribution in [0.3, 0.4) is 0 Å². The molecule has 1 amide bonds. The van der Waals surface area contributed by atoms with Gasteiger partial charge in [0.2, 0.25) is 17.8 Å². The van der Waals surface area contributed by atoms with Gasteiger partial charge in [-0.15, -0.1) is 0 Å². The van der Waals surface area contributed by atoms with Gasteiger partial charge in [-0.1, -0.05) is 50.6 Å². The number of hydrogen-bond donors (Lipinski definition) is 3. The number of rotatable bonds is 7. The summed E-state index contributed by atoms with van der Waals surface area (Å²) in [6.45, 7) is 3.91. The van der Waals surface area contributed by atoms with E-state index < -0.39 is 5.92 Å². The number of hydrogen-bond acceptors (Lipinski definition) is 4. The Labute approximate surface area is 185 Å². The molecule has 1 atom stereocenters. The summed E-state index contributed by atoms with van der Waals surface area (Å²) >= 11 is 0. The number of anilines is 1. The number of aromatic amines is 1. The minimum absolute atomic E-state index is 0.0682. The fraction of sp³-hybridized carbons (Fsp3) is 0.250. The number of guanidine groups is 1. The highest BCUT2D eigenvalue weighted by Gasteiger charge is 2.20. The molecular weight excluding hydrogens is 409 g/mol. The lowest BCUT2D eigenvalue weighted by Crippen LogP contribution is -2.39. The van der Waals surface area contributed by atoms with E-state index in [-0.39, 0.29) is 29.2 Å². The lowest BCUT2D eigenvalue weighted by Gasteiger charge is -2.17. The van der Waals surface area contributed by atoms with Crippen LogP contribution in [0.5, 0.6) is 0 Å². The number of carbonyl (C=O) groups excluding carboxylic acids is 1. The fourth-order valence-corrected chi connectivity index (χ4v) is 3.26. The Kier molecular flexibility index (Phi) is 7.85. The predicted molar refractivity (Wildman–Crippen MR) is 124 cm³/mol. The Morgan fingerprint density at radius 2 is 1.84 bits per heavy atom. The van der Waals surface area contributed by atoms with Gasteiger partial charge in [-0.2, -0.15) is 4.99 Å². The zero-order valence-electron chi connectivity index (χ0n) is 18.1. The summed E-state index contributed by atoms with van der Waals surface area (Å²) in [6.07, 6.45) is 2.04. The van der Waals surface area contributed by atoms with Crippen LogP contribution in [0.1, 0.15) is 43.9 Å². The summed E-state index contributed by atoms with van der Waals surface area (Å²) in [5.74, 6) is -0.896. The zero-order chi connectivity index (χ0) is 22.9. The number of H-pyrrole nitrogens is 1. The largest absolute Gasteiger partial charge is 0.326 e. The molecule has 1 aromatic heterocycles. The van der Waals surface area contributed by atoms with E-state index in [2.05, 4.69) is 25.6 Å². The molecule has 0 bridgehead atoms. The molecular formula is C24H26FN5O2. The molecule has 1 unspecified atom stereocenters. The van der Waals surface area contributed by atoms with E-state index in [1.807, 2.05) is 44.2 Å². The molecule has 32 heavy (non-hydrogen) atoms. The van der Waals surface area contributed by atoms with Gasteiger partial charge < -0.3 is 5.32 Å². The third kappa shape index (κ3) is 6.34. The molecule has 0 aliphatic rings. The van der Waals surface area contributed by atoms with E-state index in [1.165, 1.54) is 30.3 Å². The molecule has 8 heteroatoms. The molecule has 0 saturated heterocycles. The van der Waals surface area contributed by atoms with Crippen molar-refractivity contribution in [1.29, 1.82) is 0 Å². The highest BCUT2D eigenvalue weighted by Crippen LogP contribution is 2.19. The molecule has 0 fully saturated rings. The van der Waals surface area contributed by atoms with Crippen LogP contribution < -0.4 is 16.2 Å². The first-order valence-corrected chi connectivity index (χ1v) is 10.6.